The smallest absolute Gasteiger partial charge is 0.0476 e. The van der Waals surface area contributed by atoms with E-state index < -0.39 is 0 Å². The van der Waals surface area contributed by atoms with Crippen LogP contribution in [0.15, 0.2) is 17.6 Å². The first kappa shape index (κ1) is 7.37. The van der Waals surface area contributed by atoms with Gasteiger partial charge in [0, 0.05) is 19.3 Å². The molecule has 0 aromatic carbocycles. The predicted octanol–water partition coefficient (Wildman–Crippen LogP) is 0.463. The van der Waals surface area contributed by atoms with Gasteiger partial charge < -0.3 is 5.32 Å². The van der Waals surface area contributed by atoms with Gasteiger partial charge in [0.2, 0.25) is 0 Å². The van der Waals surface area contributed by atoms with Crippen LogP contribution in [0.3, 0.4) is 0 Å². The van der Waals surface area contributed by atoms with Crippen LogP contribution in [0, 0.1) is 0 Å². The van der Waals surface area contributed by atoms with Gasteiger partial charge in [-0.15, -0.1) is 0 Å². The Morgan fingerprint density at radius 2 is 2.50 bits per heavy atom. The number of hydrogen-bond acceptors (Lipinski definition) is 2. The summed E-state index contributed by atoms with van der Waals surface area (Å²) in [4.78, 5) is 3.93. The monoisotopic (exact) mass is 112 g/mol. The van der Waals surface area contributed by atoms with Crippen molar-refractivity contribution in [2.24, 2.45) is 4.99 Å². The third-order valence-electron chi connectivity index (χ3n) is 0.881. The maximum atomic E-state index is 3.93. The first-order valence-electron chi connectivity index (χ1n) is 2.57. The molecule has 0 aliphatic rings. The van der Waals surface area contributed by atoms with Gasteiger partial charge in [-0.25, -0.2) is 0 Å². The number of nitrogens with zero attached hydrogens (tertiary/aromatic N) is 1. The first-order chi connectivity index (χ1) is 3.85. The van der Waals surface area contributed by atoms with E-state index in [1.165, 1.54) is 0 Å². The van der Waals surface area contributed by atoms with E-state index in [1.807, 2.05) is 7.05 Å². The van der Waals surface area contributed by atoms with Crippen molar-refractivity contribution in [3.63, 3.8) is 0 Å². The van der Waals surface area contributed by atoms with Gasteiger partial charge in [0.15, 0.2) is 0 Å². The van der Waals surface area contributed by atoms with E-state index in [9.17, 15) is 0 Å². The van der Waals surface area contributed by atoms with Gasteiger partial charge >= 0.3 is 0 Å². The van der Waals surface area contributed by atoms with Gasteiger partial charge in [0.05, 0.1) is 0 Å². The Bertz CT molecular complexity index is 94.7. The van der Waals surface area contributed by atoms with Crippen LogP contribution in [0.5, 0.6) is 0 Å². The summed E-state index contributed by atoms with van der Waals surface area (Å²) in [6.07, 6.45) is 1.75. The molecule has 0 atom stereocenters. The summed E-state index contributed by atoms with van der Waals surface area (Å²) in [6.45, 7) is 4.39. The summed E-state index contributed by atoms with van der Waals surface area (Å²) in [7, 11) is 3.64. The van der Waals surface area contributed by atoms with Gasteiger partial charge in [0.25, 0.3) is 0 Å². The molecular formula is C6H12N2. The Morgan fingerprint density at radius 3 is 2.62 bits per heavy atom. The third kappa shape index (κ3) is 2.53. The van der Waals surface area contributed by atoms with E-state index in [-0.39, 0.29) is 0 Å². The lowest BCUT2D eigenvalue weighted by atomic mass is 10.4. The van der Waals surface area contributed by atoms with Crippen LogP contribution in [0.2, 0.25) is 0 Å². The number of hydrogen-bond donors (Lipinski definition) is 1. The highest BCUT2D eigenvalue weighted by atomic mass is 14.8. The van der Waals surface area contributed by atoms with Crippen molar-refractivity contribution in [1.82, 2.24) is 5.32 Å². The molecule has 0 amide bonds. The maximum absolute atomic E-state index is 3.93. The minimum atomic E-state index is 0.806. The molecule has 0 fully saturated rings. The fraction of sp³-hybridized carbons (Fsp3) is 0.500. The van der Waals surface area contributed by atoms with Crippen molar-refractivity contribution < 1.29 is 0 Å². The van der Waals surface area contributed by atoms with Gasteiger partial charge in [-0.05, 0) is 13.1 Å². The molecule has 8 heavy (non-hydrogen) atoms. The van der Waals surface area contributed by atoms with E-state index in [2.05, 4.69) is 16.9 Å². The van der Waals surface area contributed by atoms with Crippen LogP contribution < -0.4 is 5.32 Å². The highest BCUT2D eigenvalue weighted by molar-refractivity contribution is 5.95. The molecule has 0 aromatic rings. The average Bonchev–Trinajstić information content (AvgIpc) is 1.83. The van der Waals surface area contributed by atoms with Crippen LogP contribution in [0.25, 0.3) is 0 Å². The Kier molecular flexibility index (Phi) is 4.17. The lowest BCUT2D eigenvalue weighted by molar-refractivity contribution is 0.947. The molecular weight excluding hydrogens is 100 g/mol. The number of aliphatic imine (C=N–C) groups is 1. The zero-order valence-electron chi connectivity index (χ0n) is 5.44. The summed E-state index contributed by atoms with van der Waals surface area (Å²) < 4.78 is 0. The minimum Gasteiger partial charge on any atom is -0.314 e. The molecule has 0 unspecified atom stereocenters. The summed E-state index contributed by atoms with van der Waals surface area (Å²) in [5.41, 5.74) is 0.993. The van der Waals surface area contributed by atoms with Crippen molar-refractivity contribution in [3.8, 4) is 0 Å². The van der Waals surface area contributed by atoms with Crippen molar-refractivity contribution in [2.45, 2.75) is 0 Å². The Labute approximate surface area is 50.3 Å². The van der Waals surface area contributed by atoms with E-state index in [0.717, 1.165) is 12.3 Å². The van der Waals surface area contributed by atoms with Crippen LogP contribution in [-0.4, -0.2) is 26.4 Å². The molecule has 0 aliphatic heterocycles. The number of nitrogens with one attached hydrogen (secondary N) is 1. The highest BCUT2D eigenvalue weighted by Gasteiger charge is 1.84. The molecule has 0 saturated heterocycles. The average molecular weight is 112 g/mol. The molecule has 2 nitrogen and oxygen atoms in total. The molecule has 0 aromatic heterocycles. The predicted molar refractivity (Wildman–Crippen MR) is 37.5 cm³/mol. The largest absolute Gasteiger partial charge is 0.314 e. The summed E-state index contributed by atoms with van der Waals surface area (Å²) in [6, 6.07) is 0. The van der Waals surface area contributed by atoms with Crippen molar-refractivity contribution >= 4 is 5.71 Å². The van der Waals surface area contributed by atoms with Crippen molar-refractivity contribution in [3.05, 3.63) is 12.7 Å². The number of rotatable bonds is 3. The third-order valence-corrected chi connectivity index (χ3v) is 0.881. The summed E-state index contributed by atoms with van der Waals surface area (Å²) >= 11 is 0. The fourth-order valence-electron chi connectivity index (χ4n) is 0.424. The second-order valence-electron chi connectivity index (χ2n) is 1.45. The molecule has 0 heterocycles. The molecule has 0 radical (unpaired) electrons. The Hall–Kier alpha value is -0.630. The Balaban J connectivity index is 3.54. The van der Waals surface area contributed by atoms with E-state index >= 15 is 0 Å². The van der Waals surface area contributed by atoms with Crippen LogP contribution in [0.4, 0.5) is 0 Å². The van der Waals surface area contributed by atoms with Gasteiger partial charge in [-0.3, -0.25) is 4.99 Å². The molecule has 46 valence electrons. The van der Waals surface area contributed by atoms with Gasteiger partial charge in [-0.1, -0.05) is 6.58 Å². The van der Waals surface area contributed by atoms with Crippen molar-refractivity contribution in [1.29, 1.82) is 0 Å². The SMILES string of the molecule is C=C/C(CNC)=N\C. The maximum Gasteiger partial charge on any atom is 0.0476 e. The molecule has 0 bridgehead atoms. The second kappa shape index (κ2) is 4.53. The van der Waals surface area contributed by atoms with Crippen LogP contribution in [-0.2, 0) is 0 Å². The molecule has 0 rings (SSSR count). The zero-order chi connectivity index (χ0) is 6.41. The van der Waals surface area contributed by atoms with Gasteiger partial charge in [-0.2, -0.15) is 0 Å². The summed E-state index contributed by atoms with van der Waals surface area (Å²) in [5.74, 6) is 0. The topological polar surface area (TPSA) is 24.4 Å². The Morgan fingerprint density at radius 1 is 1.88 bits per heavy atom. The van der Waals surface area contributed by atoms with Crippen LogP contribution in [0.1, 0.15) is 0 Å². The van der Waals surface area contributed by atoms with E-state index in [4.69, 9.17) is 0 Å². The molecule has 2 heteroatoms. The normalized spacial score (nSPS) is 11.5. The van der Waals surface area contributed by atoms with Gasteiger partial charge in [0.1, 0.15) is 0 Å². The lowest BCUT2D eigenvalue weighted by Gasteiger charge is -1.94. The molecule has 1 N–H and O–H groups in total. The van der Waals surface area contributed by atoms with Crippen molar-refractivity contribution in [2.75, 3.05) is 20.6 Å². The molecule has 0 aliphatic carbocycles. The quantitative estimate of drug-likeness (QED) is 0.527. The van der Waals surface area contributed by atoms with E-state index in [0.29, 0.717) is 0 Å². The molecule has 0 saturated carbocycles. The first-order valence-corrected chi connectivity index (χ1v) is 2.57. The standard InChI is InChI=1S/C6H12N2/c1-4-6(8-3)5-7-2/h4,7H,1,5H2,2-3H3/b8-6+. The van der Waals surface area contributed by atoms with E-state index in [1.54, 1.807) is 13.1 Å². The lowest BCUT2D eigenvalue weighted by Crippen LogP contribution is -2.16. The minimum absolute atomic E-state index is 0.806. The fourth-order valence-corrected chi connectivity index (χ4v) is 0.424. The summed E-state index contributed by atoms with van der Waals surface area (Å²) in [5, 5.41) is 2.97. The second-order valence-corrected chi connectivity index (χ2v) is 1.45. The highest BCUT2D eigenvalue weighted by Crippen LogP contribution is 1.73. The molecule has 0 spiro atoms. The zero-order valence-corrected chi connectivity index (χ0v) is 5.44. The van der Waals surface area contributed by atoms with Crippen LogP contribution >= 0.6 is 0 Å².